The molecular weight excluding hydrogens is 587 g/mol. The third-order valence-electron chi connectivity index (χ3n) is 9.41. The van der Waals surface area contributed by atoms with E-state index in [1.54, 1.807) is 0 Å². The van der Waals surface area contributed by atoms with Crippen molar-refractivity contribution in [2.45, 2.75) is 0 Å². The standard InChI is InChI=1S/C44H27N3O/c1-2-13-32(14-3-1)47-38-19-8-5-16-34(38)42-39(47)26-25-35-41(42)33-15-4-6-17-36(33)45-43(35)31-12-10-11-30(27-31)28-21-23-29(24-22-28)44-46-37-18-7-9-20-40(37)48-44/h1-27H. The molecule has 0 fully saturated rings. The fraction of sp³-hybridized carbons (Fsp3) is 0. The van der Waals surface area contributed by atoms with E-state index >= 15 is 0 Å². The molecule has 48 heavy (non-hydrogen) atoms. The quantitative estimate of drug-likeness (QED) is 0.186. The molecule has 0 unspecified atom stereocenters. The van der Waals surface area contributed by atoms with Crippen molar-refractivity contribution in [2.75, 3.05) is 0 Å². The van der Waals surface area contributed by atoms with Crippen LogP contribution >= 0.6 is 0 Å². The molecule has 10 rings (SSSR count). The van der Waals surface area contributed by atoms with Crippen molar-refractivity contribution in [3.8, 4) is 39.5 Å². The fourth-order valence-corrected chi connectivity index (χ4v) is 7.22. The molecule has 0 aliphatic heterocycles. The van der Waals surface area contributed by atoms with Gasteiger partial charge in [-0.25, -0.2) is 9.97 Å². The van der Waals surface area contributed by atoms with Gasteiger partial charge >= 0.3 is 0 Å². The maximum absolute atomic E-state index is 6.02. The minimum Gasteiger partial charge on any atom is -0.436 e. The average molecular weight is 614 g/mol. The van der Waals surface area contributed by atoms with E-state index in [2.05, 4.69) is 149 Å². The fourth-order valence-electron chi connectivity index (χ4n) is 7.22. The highest BCUT2D eigenvalue weighted by atomic mass is 16.3. The molecule has 4 heteroatoms. The van der Waals surface area contributed by atoms with E-state index in [1.165, 1.54) is 27.2 Å². The van der Waals surface area contributed by atoms with Gasteiger partial charge < -0.3 is 8.98 Å². The molecule has 3 heterocycles. The van der Waals surface area contributed by atoms with Gasteiger partial charge in [-0.1, -0.05) is 103 Å². The summed E-state index contributed by atoms with van der Waals surface area (Å²) in [5.41, 5.74) is 11.4. The Labute approximate surface area is 276 Å². The van der Waals surface area contributed by atoms with E-state index in [1.807, 2.05) is 24.3 Å². The van der Waals surface area contributed by atoms with Crippen LogP contribution in [0.1, 0.15) is 0 Å². The summed E-state index contributed by atoms with van der Waals surface area (Å²) in [6.45, 7) is 0. The van der Waals surface area contributed by atoms with Crippen LogP contribution in [0.15, 0.2) is 168 Å². The monoisotopic (exact) mass is 613 g/mol. The maximum Gasteiger partial charge on any atom is 0.227 e. The summed E-state index contributed by atoms with van der Waals surface area (Å²) in [6, 6.07) is 57.4. The number of rotatable bonds is 4. The van der Waals surface area contributed by atoms with Gasteiger partial charge in [-0.15, -0.1) is 0 Å². The number of hydrogen-bond donors (Lipinski definition) is 0. The predicted octanol–water partition coefficient (Wildman–Crippen LogP) is 11.6. The van der Waals surface area contributed by atoms with Gasteiger partial charge in [-0.2, -0.15) is 0 Å². The molecule has 0 aliphatic carbocycles. The molecule has 0 atom stereocenters. The number of nitrogens with zero attached hydrogens (tertiary/aromatic N) is 3. The molecule has 0 N–H and O–H groups in total. The van der Waals surface area contributed by atoms with Gasteiger partial charge in [-0.05, 0) is 71.8 Å². The summed E-state index contributed by atoms with van der Waals surface area (Å²) in [6.07, 6.45) is 0. The van der Waals surface area contributed by atoms with Crippen LogP contribution in [0, 0.1) is 0 Å². The number of pyridine rings is 1. The van der Waals surface area contributed by atoms with Gasteiger partial charge in [0.25, 0.3) is 0 Å². The third kappa shape index (κ3) is 4.10. The van der Waals surface area contributed by atoms with Gasteiger partial charge in [0.2, 0.25) is 5.89 Å². The van der Waals surface area contributed by atoms with Crippen molar-refractivity contribution in [3.05, 3.63) is 164 Å². The highest BCUT2D eigenvalue weighted by Gasteiger charge is 2.19. The normalized spacial score (nSPS) is 11.8. The molecule has 7 aromatic carbocycles. The Morgan fingerprint density at radius 2 is 1.12 bits per heavy atom. The Morgan fingerprint density at radius 1 is 0.417 bits per heavy atom. The number of benzene rings is 7. The van der Waals surface area contributed by atoms with Crippen molar-refractivity contribution in [3.63, 3.8) is 0 Å². The first-order valence-corrected chi connectivity index (χ1v) is 16.2. The van der Waals surface area contributed by atoms with E-state index in [9.17, 15) is 0 Å². The minimum atomic E-state index is 0.628. The van der Waals surface area contributed by atoms with Crippen molar-refractivity contribution in [1.29, 1.82) is 0 Å². The molecule has 0 amide bonds. The molecule has 10 aromatic rings. The minimum absolute atomic E-state index is 0.628. The Kier molecular flexibility index (Phi) is 5.84. The van der Waals surface area contributed by atoms with Crippen LogP contribution in [0.5, 0.6) is 0 Å². The first kappa shape index (κ1) is 26.7. The van der Waals surface area contributed by atoms with E-state index in [0.717, 1.165) is 61.0 Å². The van der Waals surface area contributed by atoms with Gasteiger partial charge in [0.05, 0.1) is 22.2 Å². The Balaban J connectivity index is 1.16. The number of oxazole rings is 1. The van der Waals surface area contributed by atoms with Crippen molar-refractivity contribution in [1.82, 2.24) is 14.5 Å². The molecule has 0 aliphatic rings. The molecular formula is C44H27N3O. The van der Waals surface area contributed by atoms with Gasteiger partial charge in [-0.3, -0.25) is 0 Å². The number of aromatic nitrogens is 3. The lowest BCUT2D eigenvalue weighted by Gasteiger charge is -2.13. The lowest BCUT2D eigenvalue weighted by molar-refractivity contribution is 0.620. The van der Waals surface area contributed by atoms with Crippen LogP contribution in [-0.4, -0.2) is 14.5 Å². The molecule has 0 saturated heterocycles. The zero-order valence-corrected chi connectivity index (χ0v) is 25.8. The van der Waals surface area contributed by atoms with Crippen molar-refractivity contribution < 1.29 is 4.42 Å². The summed E-state index contributed by atoms with van der Waals surface area (Å²) >= 11 is 0. The summed E-state index contributed by atoms with van der Waals surface area (Å²) in [7, 11) is 0. The van der Waals surface area contributed by atoms with Crippen LogP contribution in [0.2, 0.25) is 0 Å². The van der Waals surface area contributed by atoms with Crippen LogP contribution in [0.3, 0.4) is 0 Å². The van der Waals surface area contributed by atoms with Gasteiger partial charge in [0.15, 0.2) is 5.58 Å². The second-order valence-corrected chi connectivity index (χ2v) is 12.2. The van der Waals surface area contributed by atoms with Gasteiger partial charge in [0.1, 0.15) is 5.52 Å². The number of hydrogen-bond acceptors (Lipinski definition) is 3. The number of fused-ring (bicyclic) bond motifs is 8. The van der Waals surface area contributed by atoms with Crippen LogP contribution in [-0.2, 0) is 0 Å². The zero-order valence-electron chi connectivity index (χ0n) is 25.8. The van der Waals surface area contributed by atoms with E-state index in [-0.39, 0.29) is 0 Å². The summed E-state index contributed by atoms with van der Waals surface area (Å²) in [5.74, 6) is 0.628. The first-order chi connectivity index (χ1) is 23.8. The van der Waals surface area contributed by atoms with Crippen LogP contribution < -0.4 is 0 Å². The lowest BCUT2D eigenvalue weighted by Crippen LogP contribution is -1.94. The SMILES string of the molecule is c1ccc(-n2c3ccccc3c3c4c(ccc32)c(-c2cccc(-c3ccc(-c5nc6ccccc6o5)cc3)c2)nc2ccccc24)cc1. The average Bonchev–Trinajstić information content (AvgIpc) is 3.75. The highest BCUT2D eigenvalue weighted by molar-refractivity contribution is 6.29. The predicted molar refractivity (Wildman–Crippen MR) is 197 cm³/mol. The first-order valence-electron chi connectivity index (χ1n) is 16.2. The van der Waals surface area contributed by atoms with Crippen molar-refractivity contribution in [2.24, 2.45) is 0 Å². The summed E-state index contributed by atoms with van der Waals surface area (Å²) < 4.78 is 8.39. The Hall–Kier alpha value is -6.52. The van der Waals surface area contributed by atoms with E-state index in [4.69, 9.17) is 9.40 Å². The molecule has 0 bridgehead atoms. The maximum atomic E-state index is 6.02. The molecule has 0 saturated carbocycles. The van der Waals surface area contributed by atoms with E-state index < -0.39 is 0 Å². The van der Waals surface area contributed by atoms with Crippen molar-refractivity contribution >= 4 is 54.6 Å². The second kappa shape index (κ2) is 10.5. The van der Waals surface area contributed by atoms with Gasteiger partial charge in [0, 0.05) is 43.7 Å². The molecule has 224 valence electrons. The zero-order chi connectivity index (χ0) is 31.6. The topological polar surface area (TPSA) is 43.9 Å². The second-order valence-electron chi connectivity index (χ2n) is 12.2. The molecule has 0 radical (unpaired) electrons. The molecule has 3 aromatic heterocycles. The summed E-state index contributed by atoms with van der Waals surface area (Å²) in [4.78, 5) is 9.98. The largest absolute Gasteiger partial charge is 0.436 e. The Morgan fingerprint density at radius 3 is 1.98 bits per heavy atom. The third-order valence-corrected chi connectivity index (χ3v) is 9.41. The van der Waals surface area contributed by atoms with E-state index in [0.29, 0.717) is 5.89 Å². The van der Waals surface area contributed by atoms with Crippen LogP contribution in [0.4, 0.5) is 0 Å². The summed E-state index contributed by atoms with van der Waals surface area (Å²) in [5, 5.41) is 6.01. The highest BCUT2D eigenvalue weighted by Crippen LogP contribution is 2.42. The van der Waals surface area contributed by atoms with Crippen LogP contribution in [0.25, 0.3) is 94.1 Å². The smallest absolute Gasteiger partial charge is 0.227 e. The number of para-hydroxylation sites is 5. The molecule has 0 spiro atoms. The molecule has 4 nitrogen and oxygen atoms in total. The lowest BCUT2D eigenvalue weighted by atomic mass is 9.94. The Bertz CT molecular complexity index is 2790.